The predicted octanol–water partition coefficient (Wildman–Crippen LogP) is 2.76. The quantitative estimate of drug-likeness (QED) is 0.835. The summed E-state index contributed by atoms with van der Waals surface area (Å²) in [6, 6.07) is 6.40. The Bertz CT molecular complexity index is 697. The maximum absolute atomic E-state index is 13.7. The van der Waals surface area contributed by atoms with E-state index in [0.29, 0.717) is 10.4 Å². The van der Waals surface area contributed by atoms with Crippen molar-refractivity contribution in [3.63, 3.8) is 0 Å². The molecule has 0 unspecified atom stereocenters. The van der Waals surface area contributed by atoms with Crippen molar-refractivity contribution in [2.24, 2.45) is 5.73 Å². The van der Waals surface area contributed by atoms with Crippen LogP contribution in [0.25, 0.3) is 0 Å². The fourth-order valence-electron chi connectivity index (χ4n) is 1.63. The molecule has 0 saturated carbocycles. The lowest BCUT2D eigenvalue weighted by Crippen LogP contribution is -2.12. The van der Waals surface area contributed by atoms with Crippen molar-refractivity contribution in [1.82, 2.24) is 0 Å². The molecule has 3 N–H and O–H groups in total. The predicted molar refractivity (Wildman–Crippen MR) is 79.3 cm³/mol. The highest BCUT2D eigenvalue weighted by atomic mass is 32.1. The highest BCUT2D eigenvalue weighted by molar-refractivity contribution is 7.12. The first-order chi connectivity index (χ1) is 9.61. The number of aryl methyl sites for hydroxylation is 1. The molecule has 0 radical (unpaired) electrons. The molecule has 0 bridgehead atoms. The fourth-order valence-corrected chi connectivity index (χ4v) is 2.37. The van der Waals surface area contributed by atoms with Crippen LogP contribution in [-0.2, 0) is 0 Å². The van der Waals surface area contributed by atoms with E-state index in [9.17, 15) is 9.18 Å². The maximum Gasteiger partial charge on any atom is 0.267 e. The zero-order chi connectivity index (χ0) is 14.5. The van der Waals surface area contributed by atoms with E-state index >= 15 is 0 Å². The Morgan fingerprint density at radius 1 is 1.45 bits per heavy atom. The SMILES string of the molecule is Cc1ccc(NC(=O)c2sccc2C#CCN)c(F)c1. The minimum absolute atomic E-state index is 0.159. The lowest BCUT2D eigenvalue weighted by atomic mass is 10.2. The van der Waals surface area contributed by atoms with Crippen LogP contribution in [0, 0.1) is 24.6 Å². The number of anilines is 1. The molecule has 2 aromatic rings. The number of hydrogen-bond donors (Lipinski definition) is 2. The van der Waals surface area contributed by atoms with Crippen LogP contribution in [0.2, 0.25) is 0 Å². The largest absolute Gasteiger partial charge is 0.320 e. The third-order valence-corrected chi connectivity index (χ3v) is 3.48. The summed E-state index contributed by atoms with van der Waals surface area (Å²) in [6.07, 6.45) is 0. The van der Waals surface area contributed by atoms with E-state index in [2.05, 4.69) is 17.2 Å². The first-order valence-corrected chi connectivity index (χ1v) is 6.83. The number of carbonyl (C=O) groups is 1. The Kier molecular flexibility index (Phi) is 4.51. The first-order valence-electron chi connectivity index (χ1n) is 5.95. The number of hydrogen-bond acceptors (Lipinski definition) is 3. The van der Waals surface area contributed by atoms with Gasteiger partial charge >= 0.3 is 0 Å². The van der Waals surface area contributed by atoms with Gasteiger partial charge in [-0.05, 0) is 36.1 Å². The highest BCUT2D eigenvalue weighted by Crippen LogP contribution is 2.20. The monoisotopic (exact) mass is 288 g/mol. The van der Waals surface area contributed by atoms with Crippen LogP contribution in [-0.4, -0.2) is 12.5 Å². The summed E-state index contributed by atoms with van der Waals surface area (Å²) in [4.78, 5) is 12.6. The van der Waals surface area contributed by atoms with Crippen LogP contribution in [0.3, 0.4) is 0 Å². The average molecular weight is 288 g/mol. The Morgan fingerprint density at radius 3 is 2.95 bits per heavy atom. The van der Waals surface area contributed by atoms with Gasteiger partial charge in [-0.25, -0.2) is 4.39 Å². The molecule has 0 atom stereocenters. The number of nitrogens with two attached hydrogens (primary N) is 1. The third-order valence-electron chi connectivity index (χ3n) is 2.57. The summed E-state index contributed by atoms with van der Waals surface area (Å²) >= 11 is 1.26. The molecule has 0 aliphatic carbocycles. The van der Waals surface area contributed by atoms with E-state index in [-0.39, 0.29) is 18.1 Å². The second-order valence-corrected chi connectivity index (χ2v) is 5.02. The molecule has 1 amide bonds. The van der Waals surface area contributed by atoms with Gasteiger partial charge in [-0.15, -0.1) is 11.3 Å². The second kappa shape index (κ2) is 6.33. The normalized spacial score (nSPS) is 9.75. The number of rotatable bonds is 2. The van der Waals surface area contributed by atoms with Crippen molar-refractivity contribution in [3.05, 3.63) is 51.5 Å². The van der Waals surface area contributed by atoms with Gasteiger partial charge in [0.1, 0.15) is 10.7 Å². The zero-order valence-electron chi connectivity index (χ0n) is 10.9. The molecule has 0 aliphatic rings. The first kappa shape index (κ1) is 14.3. The molecule has 1 heterocycles. The van der Waals surface area contributed by atoms with Crippen molar-refractivity contribution in [3.8, 4) is 11.8 Å². The van der Waals surface area contributed by atoms with E-state index in [0.717, 1.165) is 5.56 Å². The fraction of sp³-hybridized carbons (Fsp3) is 0.133. The molecule has 3 nitrogen and oxygen atoms in total. The Hall–Kier alpha value is -2.16. The maximum atomic E-state index is 13.7. The summed E-state index contributed by atoms with van der Waals surface area (Å²) in [5.41, 5.74) is 6.87. The van der Waals surface area contributed by atoms with E-state index in [1.807, 2.05) is 0 Å². The molecule has 1 aromatic heterocycles. The number of nitrogens with one attached hydrogen (secondary N) is 1. The lowest BCUT2D eigenvalue weighted by Gasteiger charge is -2.06. The van der Waals surface area contributed by atoms with Gasteiger partial charge in [0, 0.05) is 5.56 Å². The van der Waals surface area contributed by atoms with Gasteiger partial charge in [0.15, 0.2) is 0 Å². The molecule has 2 rings (SSSR count). The highest BCUT2D eigenvalue weighted by Gasteiger charge is 2.14. The number of halogens is 1. The molecule has 102 valence electrons. The Balaban J connectivity index is 2.22. The average Bonchev–Trinajstić information content (AvgIpc) is 2.88. The molecule has 0 fully saturated rings. The van der Waals surface area contributed by atoms with Gasteiger partial charge in [-0.2, -0.15) is 0 Å². The topological polar surface area (TPSA) is 55.1 Å². The molecular formula is C15H13FN2OS. The van der Waals surface area contributed by atoms with Gasteiger partial charge in [-0.3, -0.25) is 4.79 Å². The van der Waals surface area contributed by atoms with Crippen LogP contribution >= 0.6 is 11.3 Å². The zero-order valence-corrected chi connectivity index (χ0v) is 11.7. The van der Waals surface area contributed by atoms with Crippen LogP contribution in [0.1, 0.15) is 20.8 Å². The van der Waals surface area contributed by atoms with Crippen molar-refractivity contribution in [1.29, 1.82) is 0 Å². The molecule has 5 heteroatoms. The van der Waals surface area contributed by atoms with Gasteiger partial charge in [0.05, 0.1) is 12.2 Å². The van der Waals surface area contributed by atoms with Gasteiger partial charge in [0.25, 0.3) is 5.91 Å². The van der Waals surface area contributed by atoms with E-state index < -0.39 is 5.82 Å². The third kappa shape index (κ3) is 3.23. The summed E-state index contributed by atoms with van der Waals surface area (Å²) < 4.78 is 13.7. The van der Waals surface area contributed by atoms with E-state index in [1.165, 1.54) is 17.4 Å². The lowest BCUT2D eigenvalue weighted by molar-refractivity contribution is 0.103. The minimum atomic E-state index is -0.454. The number of benzene rings is 1. The second-order valence-electron chi connectivity index (χ2n) is 4.11. The number of amides is 1. The molecule has 0 saturated heterocycles. The number of thiophene rings is 1. The summed E-state index contributed by atoms with van der Waals surface area (Å²) in [7, 11) is 0. The molecule has 20 heavy (non-hydrogen) atoms. The van der Waals surface area contributed by atoms with Crippen LogP contribution < -0.4 is 11.1 Å². The van der Waals surface area contributed by atoms with E-state index in [1.54, 1.807) is 30.5 Å². The summed E-state index contributed by atoms with van der Waals surface area (Å²) in [5.74, 6) is 4.70. The van der Waals surface area contributed by atoms with Crippen molar-refractivity contribution >= 4 is 22.9 Å². The van der Waals surface area contributed by atoms with Crippen molar-refractivity contribution in [2.75, 3.05) is 11.9 Å². The minimum Gasteiger partial charge on any atom is -0.320 e. The van der Waals surface area contributed by atoms with Crippen LogP contribution in [0.5, 0.6) is 0 Å². The molecule has 1 aromatic carbocycles. The van der Waals surface area contributed by atoms with Crippen molar-refractivity contribution in [2.45, 2.75) is 6.92 Å². The summed E-state index contributed by atoms with van der Waals surface area (Å²) in [5, 5.41) is 4.32. The standard InChI is InChI=1S/C15H13FN2OS/c1-10-4-5-13(12(16)9-10)18-15(19)14-11(3-2-7-17)6-8-20-14/h4-6,8-9H,7,17H2,1H3,(H,18,19). The van der Waals surface area contributed by atoms with E-state index in [4.69, 9.17) is 5.73 Å². The van der Waals surface area contributed by atoms with Gasteiger partial charge in [0.2, 0.25) is 0 Å². The van der Waals surface area contributed by atoms with Gasteiger partial charge in [-0.1, -0.05) is 17.9 Å². The van der Waals surface area contributed by atoms with Gasteiger partial charge < -0.3 is 11.1 Å². The number of carbonyl (C=O) groups excluding carboxylic acids is 1. The Morgan fingerprint density at radius 2 is 2.25 bits per heavy atom. The molecule has 0 aliphatic heterocycles. The van der Waals surface area contributed by atoms with Crippen LogP contribution in [0.15, 0.2) is 29.6 Å². The molecular weight excluding hydrogens is 275 g/mol. The van der Waals surface area contributed by atoms with Crippen molar-refractivity contribution < 1.29 is 9.18 Å². The molecule has 0 spiro atoms. The van der Waals surface area contributed by atoms with Crippen LogP contribution in [0.4, 0.5) is 10.1 Å². The summed E-state index contributed by atoms with van der Waals surface area (Å²) in [6.45, 7) is 2.01. The smallest absolute Gasteiger partial charge is 0.267 e. The Labute approximate surface area is 120 Å².